The van der Waals surface area contributed by atoms with Crippen molar-refractivity contribution in [1.29, 1.82) is 0 Å². The minimum atomic E-state index is -3.76. The lowest BCUT2D eigenvalue weighted by atomic mass is 10.3. The molecule has 0 bridgehead atoms. The van der Waals surface area contributed by atoms with E-state index in [1.54, 1.807) is 0 Å². The van der Waals surface area contributed by atoms with Crippen LogP contribution in [-0.2, 0) is 14.8 Å². The summed E-state index contributed by atoms with van der Waals surface area (Å²) in [5.74, 6) is -1.20. The third-order valence-corrected chi connectivity index (χ3v) is 3.93. The van der Waals surface area contributed by atoms with Crippen LogP contribution in [0.1, 0.15) is 0 Å². The number of amides is 3. The fourth-order valence-electron chi connectivity index (χ4n) is 1.53. The van der Waals surface area contributed by atoms with E-state index in [2.05, 4.69) is 10.0 Å². The smallest absolute Gasteiger partial charge is 0.322 e. The van der Waals surface area contributed by atoms with E-state index in [0.29, 0.717) is 10.7 Å². The first-order valence-electron chi connectivity index (χ1n) is 5.23. The Kier molecular flexibility index (Phi) is 3.63. The lowest BCUT2D eigenvalue weighted by Gasteiger charge is -2.10. The lowest BCUT2D eigenvalue weighted by Crippen LogP contribution is -2.38. The molecule has 1 fully saturated rings. The topological polar surface area (TPSA) is 104 Å². The molecule has 0 saturated carbocycles. The monoisotopic (exact) mass is 303 g/mol. The first kappa shape index (κ1) is 13.6. The zero-order valence-corrected chi connectivity index (χ0v) is 11.1. The third-order valence-electron chi connectivity index (χ3n) is 2.36. The molecule has 19 heavy (non-hydrogen) atoms. The first-order valence-corrected chi connectivity index (χ1v) is 7.26. The third kappa shape index (κ3) is 3.58. The molecule has 0 aromatic heterocycles. The number of sulfonamides is 1. The van der Waals surface area contributed by atoms with Gasteiger partial charge in [0.2, 0.25) is 10.0 Å². The lowest BCUT2D eigenvalue weighted by molar-refractivity contribution is -0.119. The second kappa shape index (κ2) is 5.06. The van der Waals surface area contributed by atoms with Gasteiger partial charge >= 0.3 is 6.03 Å². The molecule has 1 aliphatic heterocycles. The molecule has 0 aliphatic carbocycles. The molecule has 3 amide bonds. The van der Waals surface area contributed by atoms with Crippen LogP contribution in [0.25, 0.3) is 0 Å². The Bertz CT molecular complexity index is 614. The molecule has 3 N–H and O–H groups in total. The van der Waals surface area contributed by atoms with Gasteiger partial charge in [-0.05, 0) is 24.3 Å². The van der Waals surface area contributed by atoms with Crippen molar-refractivity contribution in [1.82, 2.24) is 10.6 Å². The van der Waals surface area contributed by atoms with E-state index in [1.807, 2.05) is 5.32 Å². The van der Waals surface area contributed by atoms with E-state index in [-0.39, 0.29) is 0 Å². The van der Waals surface area contributed by atoms with Gasteiger partial charge in [0.05, 0.1) is 5.75 Å². The highest BCUT2D eigenvalue weighted by molar-refractivity contribution is 7.92. The van der Waals surface area contributed by atoms with Gasteiger partial charge in [0.15, 0.2) is 0 Å². The minimum absolute atomic E-state index is 0.328. The fourth-order valence-corrected chi connectivity index (χ4v) is 2.91. The van der Waals surface area contributed by atoms with Gasteiger partial charge in [-0.25, -0.2) is 13.2 Å². The number of nitrogens with one attached hydrogen (secondary N) is 3. The van der Waals surface area contributed by atoms with Crippen LogP contribution in [0.15, 0.2) is 24.3 Å². The Balaban J connectivity index is 2.05. The number of benzene rings is 1. The molecule has 1 saturated heterocycles. The summed E-state index contributed by atoms with van der Waals surface area (Å²) in [7, 11) is -3.76. The molecule has 1 heterocycles. The first-order chi connectivity index (χ1) is 8.85. The summed E-state index contributed by atoms with van der Waals surface area (Å²) in [5, 5.41) is 4.65. The van der Waals surface area contributed by atoms with Crippen LogP contribution in [0.5, 0.6) is 0 Å². The molecule has 0 spiro atoms. The van der Waals surface area contributed by atoms with Crippen molar-refractivity contribution in [2.75, 3.05) is 10.5 Å². The second-order valence-electron chi connectivity index (χ2n) is 3.91. The fraction of sp³-hybridized carbons (Fsp3) is 0.200. The molecule has 7 nitrogen and oxygen atoms in total. The number of carbonyl (C=O) groups excluding carboxylic acids is 2. The van der Waals surface area contributed by atoms with Crippen molar-refractivity contribution in [2.24, 2.45) is 0 Å². The largest absolute Gasteiger partial charge is 0.325 e. The van der Waals surface area contributed by atoms with Gasteiger partial charge in [0.25, 0.3) is 5.91 Å². The summed E-state index contributed by atoms with van der Waals surface area (Å²) in [6.07, 6.45) is 0. The maximum Gasteiger partial charge on any atom is 0.322 e. The number of rotatable bonds is 4. The maximum absolute atomic E-state index is 11.8. The molecule has 1 atom stereocenters. The number of hydrogen-bond acceptors (Lipinski definition) is 4. The second-order valence-corrected chi connectivity index (χ2v) is 6.11. The zero-order chi connectivity index (χ0) is 14.0. The van der Waals surface area contributed by atoms with Gasteiger partial charge in [-0.3, -0.25) is 14.8 Å². The van der Waals surface area contributed by atoms with E-state index < -0.39 is 33.8 Å². The Morgan fingerprint density at radius 1 is 1.21 bits per heavy atom. The van der Waals surface area contributed by atoms with E-state index in [9.17, 15) is 18.0 Å². The van der Waals surface area contributed by atoms with Crippen LogP contribution >= 0.6 is 11.6 Å². The maximum atomic E-state index is 11.8. The van der Waals surface area contributed by atoms with E-state index in [1.165, 1.54) is 24.3 Å². The van der Waals surface area contributed by atoms with Gasteiger partial charge in [0, 0.05) is 10.7 Å². The predicted molar refractivity (Wildman–Crippen MR) is 69.3 cm³/mol. The number of carbonyl (C=O) groups is 2. The number of urea groups is 1. The summed E-state index contributed by atoms with van der Waals surface area (Å²) in [4.78, 5) is 22.1. The van der Waals surface area contributed by atoms with Crippen LogP contribution in [0.2, 0.25) is 5.02 Å². The van der Waals surface area contributed by atoms with E-state index in [0.717, 1.165) is 0 Å². The Morgan fingerprint density at radius 2 is 1.84 bits per heavy atom. The molecule has 1 unspecified atom stereocenters. The van der Waals surface area contributed by atoms with Crippen molar-refractivity contribution in [3.05, 3.63) is 29.3 Å². The number of halogens is 1. The molecule has 1 aromatic carbocycles. The van der Waals surface area contributed by atoms with Crippen LogP contribution in [0.4, 0.5) is 10.5 Å². The van der Waals surface area contributed by atoms with Crippen LogP contribution in [0.3, 0.4) is 0 Å². The number of anilines is 1. The Labute approximate surface area is 114 Å². The molecule has 1 aliphatic rings. The SMILES string of the molecule is O=C1NC(=O)C(CS(=O)(=O)Nc2ccc(Cl)cc2)N1. The van der Waals surface area contributed by atoms with Crippen molar-refractivity contribution in [3.63, 3.8) is 0 Å². The summed E-state index contributed by atoms with van der Waals surface area (Å²) in [5.41, 5.74) is 0.328. The van der Waals surface area contributed by atoms with Crippen molar-refractivity contribution in [2.45, 2.75) is 6.04 Å². The van der Waals surface area contributed by atoms with Gasteiger partial charge in [-0.1, -0.05) is 11.6 Å². The molecule has 0 radical (unpaired) electrons. The van der Waals surface area contributed by atoms with E-state index >= 15 is 0 Å². The summed E-state index contributed by atoms with van der Waals surface area (Å²) in [6, 6.07) is 4.27. The average molecular weight is 304 g/mol. The van der Waals surface area contributed by atoms with Crippen LogP contribution in [-0.4, -0.2) is 32.2 Å². The standard InChI is InChI=1S/C10H10ClN3O4S/c11-6-1-3-7(4-2-6)14-19(17,18)5-8-9(15)13-10(16)12-8/h1-4,8,14H,5H2,(H2,12,13,15,16). The summed E-state index contributed by atoms with van der Waals surface area (Å²) >= 11 is 5.68. The molecule has 1 aromatic rings. The number of imide groups is 1. The van der Waals surface area contributed by atoms with Crippen molar-refractivity contribution < 1.29 is 18.0 Å². The van der Waals surface area contributed by atoms with Gasteiger partial charge in [-0.15, -0.1) is 0 Å². The van der Waals surface area contributed by atoms with Crippen molar-refractivity contribution >= 4 is 39.2 Å². The molecular weight excluding hydrogens is 294 g/mol. The van der Waals surface area contributed by atoms with Gasteiger partial charge < -0.3 is 5.32 Å². The highest BCUT2D eigenvalue weighted by atomic mass is 35.5. The molecule has 102 valence electrons. The zero-order valence-electron chi connectivity index (χ0n) is 9.51. The predicted octanol–water partition coefficient (Wildman–Crippen LogP) is 0.290. The van der Waals surface area contributed by atoms with Gasteiger partial charge in [0.1, 0.15) is 6.04 Å². The highest BCUT2D eigenvalue weighted by Gasteiger charge is 2.33. The van der Waals surface area contributed by atoms with Crippen LogP contribution in [0, 0.1) is 0 Å². The average Bonchev–Trinajstić information content (AvgIpc) is 2.59. The molecule has 2 rings (SSSR count). The summed E-state index contributed by atoms with van der Waals surface area (Å²) in [6.45, 7) is 0. The van der Waals surface area contributed by atoms with Crippen LogP contribution < -0.4 is 15.4 Å². The Morgan fingerprint density at radius 3 is 2.37 bits per heavy atom. The highest BCUT2D eigenvalue weighted by Crippen LogP contribution is 2.15. The van der Waals surface area contributed by atoms with E-state index in [4.69, 9.17) is 11.6 Å². The number of hydrogen-bond donors (Lipinski definition) is 3. The summed E-state index contributed by atoms with van der Waals surface area (Å²) < 4.78 is 25.9. The van der Waals surface area contributed by atoms with Crippen molar-refractivity contribution in [3.8, 4) is 0 Å². The molecule has 9 heteroatoms. The molecular formula is C10H10ClN3O4S. The quantitative estimate of drug-likeness (QED) is 0.695. The Hall–Kier alpha value is -1.80. The van der Waals surface area contributed by atoms with Gasteiger partial charge in [-0.2, -0.15) is 0 Å². The minimum Gasteiger partial charge on any atom is -0.325 e. The normalized spacial score (nSPS) is 18.9.